The van der Waals surface area contributed by atoms with Gasteiger partial charge in [-0.15, -0.1) is 0 Å². The van der Waals surface area contributed by atoms with Crippen LogP contribution in [-0.4, -0.2) is 28.6 Å². The lowest BCUT2D eigenvalue weighted by molar-refractivity contribution is -0.385. The van der Waals surface area contributed by atoms with Crippen LogP contribution < -0.4 is 5.32 Å². The van der Waals surface area contributed by atoms with Crippen molar-refractivity contribution < 1.29 is 19.2 Å². The van der Waals surface area contributed by atoms with Crippen molar-refractivity contribution in [1.29, 1.82) is 0 Å². The summed E-state index contributed by atoms with van der Waals surface area (Å²) in [6, 6.07) is 9.53. The van der Waals surface area contributed by atoms with Gasteiger partial charge in [0.1, 0.15) is 11.4 Å². The number of benzene rings is 2. The van der Waals surface area contributed by atoms with Crippen molar-refractivity contribution >= 4 is 11.6 Å². The van der Waals surface area contributed by atoms with E-state index >= 15 is 0 Å². The van der Waals surface area contributed by atoms with Gasteiger partial charge in [-0.25, -0.2) is 4.39 Å². The molecule has 0 spiro atoms. The van der Waals surface area contributed by atoms with E-state index in [0.29, 0.717) is 5.56 Å². The molecular weight excluding hydrogens is 315 g/mol. The molecule has 2 rings (SSSR count). The fourth-order valence-electron chi connectivity index (χ4n) is 2.41. The highest BCUT2D eigenvalue weighted by molar-refractivity contribution is 5.98. The number of aliphatic hydroxyl groups excluding tert-OH is 1. The summed E-state index contributed by atoms with van der Waals surface area (Å²) in [6.07, 6.45) is 0.280. The van der Waals surface area contributed by atoms with Crippen LogP contribution in [-0.2, 0) is 6.42 Å². The molecule has 7 heteroatoms. The van der Waals surface area contributed by atoms with Crippen LogP contribution in [0.1, 0.15) is 21.5 Å². The summed E-state index contributed by atoms with van der Waals surface area (Å²) in [6.45, 7) is 1.21. The minimum atomic E-state index is -0.636. The fraction of sp³-hybridized carbons (Fsp3) is 0.235. The SMILES string of the molecule is Cc1cccc(C(=O)N[C@@H](CO)Cc2ccc(F)cc2)c1[N+](=O)[O-]. The predicted octanol–water partition coefficient (Wildman–Crippen LogP) is 2.38. The number of aryl methyl sites for hydroxylation is 1. The number of rotatable bonds is 6. The smallest absolute Gasteiger partial charge is 0.285 e. The maximum atomic E-state index is 12.9. The Kier molecular flexibility index (Phi) is 5.59. The lowest BCUT2D eigenvalue weighted by Crippen LogP contribution is -2.39. The molecule has 0 aliphatic carbocycles. The Morgan fingerprint density at radius 1 is 1.29 bits per heavy atom. The Hall–Kier alpha value is -2.80. The van der Waals surface area contributed by atoms with Gasteiger partial charge in [-0.3, -0.25) is 14.9 Å². The lowest BCUT2D eigenvalue weighted by Gasteiger charge is -2.16. The quantitative estimate of drug-likeness (QED) is 0.627. The first kappa shape index (κ1) is 17.6. The Balaban J connectivity index is 2.16. The second kappa shape index (κ2) is 7.65. The molecule has 0 aromatic heterocycles. The van der Waals surface area contributed by atoms with Gasteiger partial charge in [0.2, 0.25) is 0 Å². The highest BCUT2D eigenvalue weighted by Gasteiger charge is 2.24. The van der Waals surface area contributed by atoms with Crippen molar-refractivity contribution in [2.45, 2.75) is 19.4 Å². The number of hydrogen-bond donors (Lipinski definition) is 2. The molecule has 2 aromatic rings. The van der Waals surface area contributed by atoms with Crippen molar-refractivity contribution in [3.63, 3.8) is 0 Å². The number of nitro benzene ring substituents is 1. The van der Waals surface area contributed by atoms with Gasteiger partial charge < -0.3 is 10.4 Å². The first-order valence-electron chi connectivity index (χ1n) is 7.32. The van der Waals surface area contributed by atoms with Gasteiger partial charge in [0, 0.05) is 5.56 Å². The van der Waals surface area contributed by atoms with Gasteiger partial charge in [-0.05, 0) is 37.1 Å². The number of nitro groups is 1. The number of amides is 1. The third kappa shape index (κ3) is 4.14. The molecule has 0 heterocycles. The minimum absolute atomic E-state index is 0.0578. The molecule has 0 fully saturated rings. The van der Waals surface area contributed by atoms with E-state index < -0.39 is 16.9 Å². The lowest BCUT2D eigenvalue weighted by atomic mass is 10.0. The zero-order chi connectivity index (χ0) is 17.7. The molecule has 0 radical (unpaired) electrons. The van der Waals surface area contributed by atoms with Crippen LogP contribution in [0.2, 0.25) is 0 Å². The molecule has 2 N–H and O–H groups in total. The molecule has 2 aromatic carbocycles. The normalized spacial score (nSPS) is 11.8. The van der Waals surface area contributed by atoms with Crippen LogP contribution in [0.5, 0.6) is 0 Å². The maximum Gasteiger partial charge on any atom is 0.285 e. The van der Waals surface area contributed by atoms with E-state index in [9.17, 15) is 24.4 Å². The molecule has 0 saturated carbocycles. The Morgan fingerprint density at radius 2 is 1.96 bits per heavy atom. The summed E-state index contributed by atoms with van der Waals surface area (Å²) in [5.41, 5.74) is 0.798. The van der Waals surface area contributed by atoms with E-state index in [2.05, 4.69) is 5.32 Å². The number of carbonyl (C=O) groups excluding carboxylic acids is 1. The Labute approximate surface area is 138 Å². The summed E-state index contributed by atoms with van der Waals surface area (Å²) in [4.78, 5) is 22.9. The average Bonchev–Trinajstić information content (AvgIpc) is 2.55. The van der Waals surface area contributed by atoms with Crippen LogP contribution in [0.15, 0.2) is 42.5 Å². The number of nitrogens with one attached hydrogen (secondary N) is 1. The van der Waals surface area contributed by atoms with Gasteiger partial charge in [0.25, 0.3) is 11.6 Å². The molecule has 0 aliphatic heterocycles. The van der Waals surface area contributed by atoms with E-state index in [-0.39, 0.29) is 30.1 Å². The minimum Gasteiger partial charge on any atom is -0.394 e. The summed E-state index contributed by atoms with van der Waals surface area (Å²) >= 11 is 0. The van der Waals surface area contributed by atoms with Gasteiger partial charge in [0.15, 0.2) is 0 Å². The Morgan fingerprint density at radius 3 is 2.54 bits per heavy atom. The second-order valence-electron chi connectivity index (χ2n) is 5.41. The van der Waals surface area contributed by atoms with Crippen molar-refractivity contribution in [2.75, 3.05) is 6.61 Å². The van der Waals surface area contributed by atoms with Crippen molar-refractivity contribution in [2.24, 2.45) is 0 Å². The number of nitrogens with zero attached hydrogens (tertiary/aromatic N) is 1. The number of hydrogen-bond acceptors (Lipinski definition) is 4. The molecule has 0 unspecified atom stereocenters. The molecule has 24 heavy (non-hydrogen) atoms. The molecule has 6 nitrogen and oxygen atoms in total. The fourth-order valence-corrected chi connectivity index (χ4v) is 2.41. The third-order valence-corrected chi connectivity index (χ3v) is 3.62. The zero-order valence-electron chi connectivity index (χ0n) is 13.0. The molecule has 1 amide bonds. The van der Waals surface area contributed by atoms with Crippen LogP contribution in [0, 0.1) is 22.9 Å². The molecule has 0 aliphatic rings. The van der Waals surface area contributed by atoms with Gasteiger partial charge >= 0.3 is 0 Å². The highest BCUT2D eigenvalue weighted by atomic mass is 19.1. The van der Waals surface area contributed by atoms with Crippen molar-refractivity contribution in [1.82, 2.24) is 5.32 Å². The van der Waals surface area contributed by atoms with Gasteiger partial charge in [-0.2, -0.15) is 0 Å². The molecular formula is C17H17FN2O4. The van der Waals surface area contributed by atoms with Crippen molar-refractivity contribution in [3.8, 4) is 0 Å². The van der Waals surface area contributed by atoms with Crippen LogP contribution in [0.4, 0.5) is 10.1 Å². The predicted molar refractivity (Wildman–Crippen MR) is 86.3 cm³/mol. The van der Waals surface area contributed by atoms with Crippen LogP contribution in [0.3, 0.4) is 0 Å². The topological polar surface area (TPSA) is 92.5 Å². The van der Waals surface area contributed by atoms with E-state index in [4.69, 9.17) is 0 Å². The summed E-state index contributed by atoms with van der Waals surface area (Å²) in [5.74, 6) is -1.01. The molecule has 126 valence electrons. The largest absolute Gasteiger partial charge is 0.394 e. The second-order valence-corrected chi connectivity index (χ2v) is 5.41. The maximum absolute atomic E-state index is 12.9. The summed E-state index contributed by atoms with van der Waals surface area (Å²) in [5, 5.41) is 23.2. The van der Waals surface area contributed by atoms with Gasteiger partial charge in [0.05, 0.1) is 17.6 Å². The number of carbonyl (C=O) groups is 1. The third-order valence-electron chi connectivity index (χ3n) is 3.62. The number of para-hydroxylation sites is 1. The van der Waals surface area contributed by atoms with E-state index in [1.54, 1.807) is 31.2 Å². The van der Waals surface area contributed by atoms with Crippen LogP contribution >= 0.6 is 0 Å². The van der Waals surface area contributed by atoms with Crippen LogP contribution in [0.25, 0.3) is 0 Å². The number of aliphatic hydroxyl groups is 1. The zero-order valence-corrected chi connectivity index (χ0v) is 13.0. The molecule has 0 bridgehead atoms. The molecule has 0 saturated heterocycles. The average molecular weight is 332 g/mol. The van der Waals surface area contributed by atoms with E-state index in [0.717, 1.165) is 5.56 Å². The highest BCUT2D eigenvalue weighted by Crippen LogP contribution is 2.23. The first-order chi connectivity index (χ1) is 11.4. The number of halogens is 1. The first-order valence-corrected chi connectivity index (χ1v) is 7.32. The van der Waals surface area contributed by atoms with E-state index in [1.807, 2.05) is 0 Å². The van der Waals surface area contributed by atoms with E-state index in [1.165, 1.54) is 18.2 Å². The van der Waals surface area contributed by atoms with Crippen molar-refractivity contribution in [3.05, 3.63) is 75.1 Å². The summed E-state index contributed by atoms with van der Waals surface area (Å²) in [7, 11) is 0. The standard InChI is InChI=1S/C17H17FN2O4/c1-11-3-2-4-15(16(11)20(23)24)17(22)19-14(10-21)9-12-5-7-13(18)8-6-12/h2-8,14,21H,9-10H2,1H3,(H,19,22)/t14-/m1/s1. The summed E-state index contributed by atoms with van der Waals surface area (Å²) < 4.78 is 12.9. The monoisotopic (exact) mass is 332 g/mol. The molecule has 1 atom stereocenters. The Bertz CT molecular complexity index is 747. The van der Waals surface area contributed by atoms with Gasteiger partial charge in [-0.1, -0.05) is 24.3 Å².